The van der Waals surface area contributed by atoms with Crippen molar-refractivity contribution in [2.24, 2.45) is 0 Å². The van der Waals surface area contributed by atoms with Crippen molar-refractivity contribution in [1.82, 2.24) is 5.32 Å². The van der Waals surface area contributed by atoms with Crippen molar-refractivity contribution < 1.29 is 28.6 Å². The minimum absolute atomic E-state index is 0.0145. The Balaban J connectivity index is 1.70. The van der Waals surface area contributed by atoms with Crippen molar-refractivity contribution >= 4 is 18.0 Å². The van der Waals surface area contributed by atoms with Crippen LogP contribution in [0, 0.1) is 0 Å². The number of carbonyl (C=O) groups excluding carboxylic acids is 3. The van der Waals surface area contributed by atoms with Gasteiger partial charge in [0.2, 0.25) is 0 Å². The van der Waals surface area contributed by atoms with Gasteiger partial charge in [-0.2, -0.15) is 0 Å². The molecule has 1 amide bonds. The van der Waals surface area contributed by atoms with E-state index >= 15 is 0 Å². The van der Waals surface area contributed by atoms with Crippen molar-refractivity contribution in [1.29, 1.82) is 0 Å². The highest BCUT2D eigenvalue weighted by Crippen LogP contribution is 2.13. The van der Waals surface area contributed by atoms with Crippen LogP contribution < -0.4 is 10.1 Å². The quantitative estimate of drug-likeness (QED) is 0.445. The van der Waals surface area contributed by atoms with E-state index in [1.165, 1.54) is 0 Å². The number of ether oxygens (including phenoxy) is 3. The van der Waals surface area contributed by atoms with Gasteiger partial charge in [-0.05, 0) is 24.1 Å². The van der Waals surface area contributed by atoms with Gasteiger partial charge in [0.05, 0.1) is 0 Å². The second kappa shape index (κ2) is 7.98. The van der Waals surface area contributed by atoms with E-state index in [1.54, 1.807) is 30.3 Å². The van der Waals surface area contributed by atoms with Gasteiger partial charge >= 0.3 is 18.0 Å². The van der Waals surface area contributed by atoms with E-state index in [4.69, 9.17) is 9.47 Å². The van der Waals surface area contributed by atoms with E-state index < -0.39 is 24.1 Å². The molecule has 1 aliphatic heterocycles. The van der Waals surface area contributed by atoms with Gasteiger partial charge in [0, 0.05) is 6.42 Å². The average molecular weight is 319 g/mol. The van der Waals surface area contributed by atoms with E-state index in [-0.39, 0.29) is 19.4 Å². The van der Waals surface area contributed by atoms with Crippen LogP contribution in [0.2, 0.25) is 0 Å². The van der Waals surface area contributed by atoms with Crippen LogP contribution in [-0.4, -0.2) is 30.7 Å². The van der Waals surface area contributed by atoms with E-state index in [2.05, 4.69) is 16.6 Å². The standard InChI is InChI=1S/C16H17NO6/c1-2-9-21-12-5-3-11(4-6-12)10-22-14(18)8-7-13-15(19)23-16(20)17-13/h2-6,13H,1,7-10H2,(H,17,20)/t13-/m0/s1. The highest BCUT2D eigenvalue weighted by Gasteiger charge is 2.32. The Morgan fingerprint density at radius 2 is 2.04 bits per heavy atom. The minimum Gasteiger partial charge on any atom is -0.490 e. The first-order valence-corrected chi connectivity index (χ1v) is 7.09. The third-order valence-electron chi connectivity index (χ3n) is 3.10. The summed E-state index contributed by atoms with van der Waals surface area (Å²) in [5.41, 5.74) is 0.817. The average Bonchev–Trinajstić information content (AvgIpc) is 2.87. The normalized spacial score (nSPS) is 16.4. The lowest BCUT2D eigenvalue weighted by molar-refractivity contribution is -0.145. The maximum absolute atomic E-state index is 11.6. The first-order valence-electron chi connectivity index (χ1n) is 7.09. The Kier molecular flexibility index (Phi) is 5.74. The summed E-state index contributed by atoms with van der Waals surface area (Å²) in [6, 6.07) is 6.35. The summed E-state index contributed by atoms with van der Waals surface area (Å²) in [6.45, 7) is 4.11. The molecule has 1 N–H and O–H groups in total. The van der Waals surface area contributed by atoms with Crippen LogP contribution in [0.5, 0.6) is 5.75 Å². The van der Waals surface area contributed by atoms with Crippen molar-refractivity contribution in [3.8, 4) is 5.75 Å². The lowest BCUT2D eigenvalue weighted by Gasteiger charge is -2.08. The summed E-state index contributed by atoms with van der Waals surface area (Å²) in [7, 11) is 0. The van der Waals surface area contributed by atoms with Crippen LogP contribution >= 0.6 is 0 Å². The van der Waals surface area contributed by atoms with Crippen LogP contribution in [0.1, 0.15) is 18.4 Å². The van der Waals surface area contributed by atoms with Crippen molar-refractivity contribution in [2.75, 3.05) is 6.61 Å². The highest BCUT2D eigenvalue weighted by molar-refractivity contribution is 5.95. The predicted octanol–water partition coefficient (Wildman–Crippen LogP) is 1.71. The Bertz CT molecular complexity index is 595. The number of rotatable bonds is 8. The minimum atomic E-state index is -0.785. The van der Waals surface area contributed by atoms with Crippen LogP contribution in [-0.2, 0) is 25.7 Å². The number of alkyl carbamates (subject to hydrolysis) is 1. The van der Waals surface area contributed by atoms with Gasteiger partial charge in [0.15, 0.2) is 0 Å². The molecule has 2 rings (SSSR count). The molecule has 122 valence electrons. The highest BCUT2D eigenvalue weighted by atomic mass is 16.6. The number of hydrogen-bond acceptors (Lipinski definition) is 6. The fraction of sp³-hybridized carbons (Fsp3) is 0.312. The molecule has 7 heteroatoms. The second-order valence-electron chi connectivity index (χ2n) is 4.85. The Morgan fingerprint density at radius 3 is 2.65 bits per heavy atom. The Hall–Kier alpha value is -2.83. The summed E-state index contributed by atoms with van der Waals surface area (Å²) < 4.78 is 14.8. The van der Waals surface area contributed by atoms with Crippen LogP contribution in [0.25, 0.3) is 0 Å². The maximum atomic E-state index is 11.6. The summed E-state index contributed by atoms with van der Waals surface area (Å²) in [5, 5.41) is 2.32. The Labute approximate surface area is 133 Å². The van der Waals surface area contributed by atoms with Crippen LogP contribution in [0.3, 0.4) is 0 Å². The van der Waals surface area contributed by atoms with Gasteiger partial charge in [0.1, 0.15) is 25.0 Å². The molecule has 23 heavy (non-hydrogen) atoms. The SMILES string of the molecule is C=CCOc1ccc(COC(=O)CC[C@@H]2NC(=O)OC2=O)cc1. The van der Waals surface area contributed by atoms with E-state index in [0.717, 1.165) is 5.56 Å². The van der Waals surface area contributed by atoms with E-state index in [9.17, 15) is 14.4 Å². The molecule has 1 aromatic rings. The van der Waals surface area contributed by atoms with Gasteiger partial charge in [-0.15, -0.1) is 0 Å². The molecule has 1 aromatic carbocycles. The molecule has 0 spiro atoms. The zero-order chi connectivity index (χ0) is 16.7. The molecule has 1 saturated heterocycles. The van der Waals surface area contributed by atoms with Gasteiger partial charge in [-0.1, -0.05) is 24.8 Å². The number of carbonyl (C=O) groups is 3. The molecule has 1 fully saturated rings. The lowest BCUT2D eigenvalue weighted by atomic mass is 10.1. The zero-order valence-corrected chi connectivity index (χ0v) is 12.4. The molecule has 0 aromatic heterocycles. The molecular weight excluding hydrogens is 302 g/mol. The van der Waals surface area contributed by atoms with E-state index in [0.29, 0.717) is 12.4 Å². The van der Waals surface area contributed by atoms with Crippen molar-refractivity contribution in [3.05, 3.63) is 42.5 Å². The Morgan fingerprint density at radius 1 is 1.30 bits per heavy atom. The fourth-order valence-corrected chi connectivity index (χ4v) is 1.92. The lowest BCUT2D eigenvalue weighted by Crippen LogP contribution is -2.29. The topological polar surface area (TPSA) is 90.9 Å². The van der Waals surface area contributed by atoms with E-state index in [1.807, 2.05) is 0 Å². The van der Waals surface area contributed by atoms with Crippen LogP contribution in [0.4, 0.5) is 4.79 Å². The first-order chi connectivity index (χ1) is 11.1. The summed E-state index contributed by atoms with van der Waals surface area (Å²) >= 11 is 0. The summed E-state index contributed by atoms with van der Waals surface area (Å²) in [5.74, 6) is -0.417. The predicted molar refractivity (Wildman–Crippen MR) is 79.6 cm³/mol. The van der Waals surface area contributed by atoms with Gasteiger partial charge in [-0.3, -0.25) is 4.79 Å². The van der Waals surface area contributed by atoms with Gasteiger partial charge in [-0.25, -0.2) is 9.59 Å². The fourth-order valence-electron chi connectivity index (χ4n) is 1.92. The molecule has 0 aliphatic carbocycles. The molecule has 0 bridgehead atoms. The summed E-state index contributed by atoms with van der Waals surface area (Å²) in [6.07, 6.45) is 1.03. The monoisotopic (exact) mass is 319 g/mol. The molecule has 0 radical (unpaired) electrons. The largest absolute Gasteiger partial charge is 0.490 e. The van der Waals surface area contributed by atoms with Gasteiger partial charge < -0.3 is 19.5 Å². The smallest absolute Gasteiger partial charge is 0.415 e. The second-order valence-corrected chi connectivity index (χ2v) is 4.85. The number of esters is 2. The molecule has 1 aliphatic rings. The molecule has 0 saturated carbocycles. The summed E-state index contributed by atoms with van der Waals surface area (Å²) in [4.78, 5) is 33.7. The molecule has 0 unspecified atom stereocenters. The van der Waals surface area contributed by atoms with Crippen molar-refractivity contribution in [3.63, 3.8) is 0 Å². The molecule has 1 heterocycles. The molecule has 1 atom stereocenters. The number of benzene rings is 1. The molecular formula is C16H17NO6. The van der Waals surface area contributed by atoms with Crippen LogP contribution in [0.15, 0.2) is 36.9 Å². The number of nitrogens with one attached hydrogen (secondary N) is 1. The maximum Gasteiger partial charge on any atom is 0.415 e. The number of hydrogen-bond donors (Lipinski definition) is 1. The number of cyclic esters (lactones) is 2. The third-order valence-corrected chi connectivity index (χ3v) is 3.10. The van der Waals surface area contributed by atoms with Crippen molar-refractivity contribution in [2.45, 2.75) is 25.5 Å². The molecule has 7 nitrogen and oxygen atoms in total. The number of amides is 1. The zero-order valence-electron chi connectivity index (χ0n) is 12.4. The van der Waals surface area contributed by atoms with Gasteiger partial charge in [0.25, 0.3) is 0 Å². The third kappa shape index (κ3) is 5.14. The first kappa shape index (κ1) is 16.5.